The van der Waals surface area contributed by atoms with Crippen LogP contribution in [-0.4, -0.2) is 37.1 Å². The normalized spacial score (nSPS) is 18.4. The van der Waals surface area contributed by atoms with Crippen molar-refractivity contribution in [2.75, 3.05) is 26.2 Å². The molecule has 1 heterocycles. The minimum atomic E-state index is 0.404. The third kappa shape index (κ3) is 12.1. The maximum Gasteiger partial charge on any atom is 0.0105 e. The zero-order valence-corrected chi connectivity index (χ0v) is 12.0. The second-order valence-electron chi connectivity index (χ2n) is 5.16. The molecular weight excluding hydrogens is 210 g/mol. The van der Waals surface area contributed by atoms with Crippen molar-refractivity contribution in [2.45, 2.75) is 64.8 Å². The molecule has 0 amide bonds. The first kappa shape index (κ1) is 16.9. The van der Waals surface area contributed by atoms with Crippen LogP contribution in [0.2, 0.25) is 0 Å². The molecule has 1 saturated heterocycles. The molecule has 0 bridgehead atoms. The van der Waals surface area contributed by atoms with Gasteiger partial charge in [0, 0.05) is 19.1 Å². The first-order chi connectivity index (χ1) is 8.20. The molecule has 0 saturated carbocycles. The lowest BCUT2D eigenvalue weighted by atomic mass is 10.1. The Morgan fingerprint density at radius 3 is 2.24 bits per heavy atom. The predicted molar refractivity (Wildman–Crippen MR) is 77.1 cm³/mol. The fraction of sp³-hybridized carbons (Fsp3) is 1.00. The average molecular weight is 243 g/mol. The number of likely N-dealkylation sites (tertiary alicyclic amines) is 1. The van der Waals surface area contributed by atoms with Crippen LogP contribution in [0.15, 0.2) is 0 Å². The summed E-state index contributed by atoms with van der Waals surface area (Å²) in [5.74, 6) is 0. The maximum atomic E-state index is 5.53. The van der Waals surface area contributed by atoms with Gasteiger partial charge in [0.2, 0.25) is 0 Å². The summed E-state index contributed by atoms with van der Waals surface area (Å²) in [4.78, 5) is 2.45. The minimum absolute atomic E-state index is 0.404. The molecule has 1 aliphatic rings. The van der Waals surface area contributed by atoms with Gasteiger partial charge in [0.05, 0.1) is 0 Å². The Morgan fingerprint density at radius 1 is 1.12 bits per heavy atom. The first-order valence-electron chi connectivity index (χ1n) is 7.38. The Hall–Kier alpha value is -0.120. The van der Waals surface area contributed by atoms with Crippen LogP contribution in [0.1, 0.15) is 58.8 Å². The van der Waals surface area contributed by atoms with E-state index in [1.54, 1.807) is 0 Å². The van der Waals surface area contributed by atoms with Gasteiger partial charge in [-0.2, -0.15) is 0 Å². The van der Waals surface area contributed by atoms with Gasteiger partial charge in [0.1, 0.15) is 0 Å². The largest absolute Gasteiger partial charge is 0.329 e. The number of nitrogens with zero attached hydrogens (tertiary/aromatic N) is 1. The molecule has 0 radical (unpaired) electrons. The van der Waals surface area contributed by atoms with Crippen molar-refractivity contribution >= 4 is 0 Å². The van der Waals surface area contributed by atoms with E-state index in [-0.39, 0.29) is 0 Å². The van der Waals surface area contributed by atoms with Gasteiger partial charge in [-0.25, -0.2) is 0 Å². The molecule has 3 nitrogen and oxygen atoms in total. The van der Waals surface area contributed by atoms with Crippen LogP contribution in [0.3, 0.4) is 0 Å². The summed E-state index contributed by atoms with van der Waals surface area (Å²) in [6.45, 7) is 8.74. The van der Waals surface area contributed by atoms with Gasteiger partial charge in [0.15, 0.2) is 0 Å². The first-order valence-corrected chi connectivity index (χ1v) is 7.38. The van der Waals surface area contributed by atoms with Gasteiger partial charge in [-0.15, -0.1) is 0 Å². The number of piperidine rings is 1. The molecule has 0 aromatic heterocycles. The van der Waals surface area contributed by atoms with E-state index in [1.165, 1.54) is 58.0 Å². The van der Waals surface area contributed by atoms with Gasteiger partial charge in [0.25, 0.3) is 0 Å². The smallest absolute Gasteiger partial charge is 0.0105 e. The number of hydrogen-bond donors (Lipinski definition) is 2. The van der Waals surface area contributed by atoms with Crippen LogP contribution in [0.5, 0.6) is 0 Å². The summed E-state index contributed by atoms with van der Waals surface area (Å²) in [5, 5.41) is 0. The zero-order chi connectivity index (χ0) is 12.9. The van der Waals surface area contributed by atoms with E-state index >= 15 is 0 Å². The lowest BCUT2D eigenvalue weighted by Gasteiger charge is -2.25. The van der Waals surface area contributed by atoms with Crippen LogP contribution >= 0.6 is 0 Å². The van der Waals surface area contributed by atoms with Crippen LogP contribution in [0, 0.1) is 0 Å². The van der Waals surface area contributed by atoms with Gasteiger partial charge in [-0.1, -0.05) is 32.6 Å². The Kier molecular flexibility index (Phi) is 12.3. The summed E-state index contributed by atoms with van der Waals surface area (Å²) in [5.41, 5.74) is 11.0. The molecule has 1 aliphatic heterocycles. The fourth-order valence-corrected chi connectivity index (χ4v) is 2.08. The van der Waals surface area contributed by atoms with Crippen molar-refractivity contribution in [1.29, 1.82) is 0 Å². The predicted octanol–water partition coefficient (Wildman–Crippen LogP) is 2.34. The lowest BCUT2D eigenvalue weighted by Crippen LogP contribution is -2.33. The number of unbranched alkanes of at least 4 members (excludes halogenated alkanes) is 2. The average Bonchev–Trinajstić information content (AvgIpc) is 2.32. The fourth-order valence-electron chi connectivity index (χ4n) is 2.08. The zero-order valence-electron chi connectivity index (χ0n) is 12.0. The number of hydrogen-bond acceptors (Lipinski definition) is 3. The monoisotopic (exact) mass is 243 g/mol. The summed E-state index contributed by atoms with van der Waals surface area (Å²) in [6.07, 6.45) is 9.29. The van der Waals surface area contributed by atoms with E-state index in [1.807, 2.05) is 0 Å². The molecule has 1 rings (SSSR count). The van der Waals surface area contributed by atoms with Crippen molar-refractivity contribution in [1.82, 2.24) is 4.90 Å². The van der Waals surface area contributed by atoms with E-state index in [4.69, 9.17) is 11.5 Å². The van der Waals surface area contributed by atoms with Crippen molar-refractivity contribution in [2.24, 2.45) is 11.5 Å². The molecule has 0 spiro atoms. The molecule has 0 aromatic carbocycles. The van der Waals surface area contributed by atoms with E-state index in [2.05, 4.69) is 18.7 Å². The molecule has 0 aliphatic carbocycles. The Bertz CT molecular complexity index is 140. The third-order valence-corrected chi connectivity index (χ3v) is 3.16. The van der Waals surface area contributed by atoms with Gasteiger partial charge >= 0.3 is 0 Å². The standard InChI is InChI=1S/C7H16N2.C7H17N/c8-4-7-9-5-2-1-3-6-9;1-3-4-5-6-7(2)8/h1-8H2;7H,3-6,8H2,1-2H3. The summed E-state index contributed by atoms with van der Waals surface area (Å²) in [6, 6.07) is 0.404. The van der Waals surface area contributed by atoms with Crippen LogP contribution in [-0.2, 0) is 0 Å². The molecule has 0 aromatic rings. The van der Waals surface area contributed by atoms with Crippen molar-refractivity contribution < 1.29 is 0 Å². The van der Waals surface area contributed by atoms with E-state index in [9.17, 15) is 0 Å². The molecule has 1 atom stereocenters. The Morgan fingerprint density at radius 2 is 1.76 bits per heavy atom. The summed E-state index contributed by atoms with van der Waals surface area (Å²) >= 11 is 0. The van der Waals surface area contributed by atoms with Crippen LogP contribution in [0.4, 0.5) is 0 Å². The molecule has 1 fully saturated rings. The molecule has 4 N–H and O–H groups in total. The van der Waals surface area contributed by atoms with Gasteiger partial charge in [-0.05, 0) is 39.3 Å². The van der Waals surface area contributed by atoms with E-state index < -0.39 is 0 Å². The number of nitrogens with two attached hydrogens (primary N) is 2. The second kappa shape index (κ2) is 12.3. The highest BCUT2D eigenvalue weighted by molar-refractivity contribution is 4.63. The Balaban J connectivity index is 0.000000304. The van der Waals surface area contributed by atoms with E-state index in [0.29, 0.717) is 6.04 Å². The molecule has 17 heavy (non-hydrogen) atoms. The maximum absolute atomic E-state index is 5.53. The van der Waals surface area contributed by atoms with Crippen molar-refractivity contribution in [3.8, 4) is 0 Å². The molecule has 104 valence electrons. The molecule has 1 unspecified atom stereocenters. The SMILES string of the molecule is CCCCCC(C)N.NCCN1CCCCC1. The van der Waals surface area contributed by atoms with Crippen LogP contribution < -0.4 is 11.5 Å². The minimum Gasteiger partial charge on any atom is -0.329 e. The van der Waals surface area contributed by atoms with Gasteiger partial charge < -0.3 is 16.4 Å². The number of rotatable bonds is 6. The van der Waals surface area contributed by atoms with Crippen LogP contribution in [0.25, 0.3) is 0 Å². The van der Waals surface area contributed by atoms with Crippen molar-refractivity contribution in [3.63, 3.8) is 0 Å². The van der Waals surface area contributed by atoms with E-state index in [0.717, 1.165) is 13.1 Å². The molecule has 3 heteroatoms. The quantitative estimate of drug-likeness (QED) is 0.704. The topological polar surface area (TPSA) is 55.3 Å². The lowest BCUT2D eigenvalue weighted by molar-refractivity contribution is 0.235. The highest BCUT2D eigenvalue weighted by atomic mass is 15.1. The third-order valence-electron chi connectivity index (χ3n) is 3.16. The highest BCUT2D eigenvalue weighted by Crippen LogP contribution is 2.06. The molecular formula is C14H33N3. The summed E-state index contributed by atoms with van der Waals surface area (Å²) in [7, 11) is 0. The highest BCUT2D eigenvalue weighted by Gasteiger charge is 2.07. The van der Waals surface area contributed by atoms with Crippen molar-refractivity contribution in [3.05, 3.63) is 0 Å². The Labute approximate surface area is 108 Å². The van der Waals surface area contributed by atoms with Gasteiger partial charge in [-0.3, -0.25) is 0 Å². The second-order valence-corrected chi connectivity index (χ2v) is 5.16. The summed E-state index contributed by atoms with van der Waals surface area (Å²) < 4.78 is 0.